The third-order valence-corrected chi connectivity index (χ3v) is 3.59. The van der Waals surface area contributed by atoms with Crippen LogP contribution in [0.15, 0.2) is 54.9 Å². The van der Waals surface area contributed by atoms with Crippen molar-refractivity contribution in [3.63, 3.8) is 0 Å². The van der Waals surface area contributed by atoms with Gasteiger partial charge in [0.25, 0.3) is 0 Å². The maximum atomic E-state index is 6.23. The maximum Gasteiger partial charge on any atom is 0.225 e. The van der Waals surface area contributed by atoms with E-state index in [-0.39, 0.29) is 6.04 Å². The highest BCUT2D eigenvalue weighted by molar-refractivity contribution is 6.33. The monoisotopic (exact) mass is 339 g/mol. The van der Waals surface area contributed by atoms with E-state index >= 15 is 0 Å². The zero-order chi connectivity index (χ0) is 16.9. The molecule has 122 valence electrons. The molecule has 2 N–H and O–H groups in total. The van der Waals surface area contributed by atoms with Crippen molar-refractivity contribution in [3.05, 3.63) is 59.9 Å². The normalized spacial score (nSPS) is 10.7. The van der Waals surface area contributed by atoms with Gasteiger partial charge in [-0.15, -0.1) is 0 Å². The SMILES string of the molecule is CC(C)Nc1nc(Nc2ccccc2Cl)cc(-c2ccncc2)n1. The van der Waals surface area contributed by atoms with Crippen LogP contribution in [0.2, 0.25) is 5.02 Å². The molecule has 5 nitrogen and oxygen atoms in total. The number of anilines is 3. The van der Waals surface area contributed by atoms with Crippen LogP contribution in [0.3, 0.4) is 0 Å². The van der Waals surface area contributed by atoms with Gasteiger partial charge in [0.1, 0.15) is 5.82 Å². The number of aromatic nitrogens is 3. The topological polar surface area (TPSA) is 62.7 Å². The average Bonchev–Trinajstić information content (AvgIpc) is 2.57. The molecule has 0 atom stereocenters. The first-order valence-corrected chi connectivity index (χ1v) is 8.07. The molecule has 2 aromatic heterocycles. The summed E-state index contributed by atoms with van der Waals surface area (Å²) >= 11 is 6.23. The number of halogens is 1. The molecule has 0 bridgehead atoms. The fourth-order valence-corrected chi connectivity index (χ4v) is 2.39. The summed E-state index contributed by atoms with van der Waals surface area (Å²) in [6, 6.07) is 13.5. The zero-order valence-electron chi connectivity index (χ0n) is 13.5. The van der Waals surface area contributed by atoms with E-state index in [1.807, 2.05) is 56.3 Å². The predicted molar refractivity (Wildman–Crippen MR) is 98.8 cm³/mol. The van der Waals surface area contributed by atoms with Crippen molar-refractivity contribution in [3.8, 4) is 11.3 Å². The fourth-order valence-electron chi connectivity index (χ4n) is 2.21. The molecule has 3 rings (SSSR count). The number of hydrogen-bond acceptors (Lipinski definition) is 5. The van der Waals surface area contributed by atoms with Crippen molar-refractivity contribution in [1.29, 1.82) is 0 Å². The van der Waals surface area contributed by atoms with Gasteiger partial charge in [0.15, 0.2) is 0 Å². The lowest BCUT2D eigenvalue weighted by atomic mass is 10.2. The van der Waals surface area contributed by atoms with Gasteiger partial charge in [-0.3, -0.25) is 4.98 Å². The Morgan fingerprint density at radius 2 is 1.75 bits per heavy atom. The Balaban J connectivity index is 2.00. The average molecular weight is 340 g/mol. The summed E-state index contributed by atoms with van der Waals surface area (Å²) in [4.78, 5) is 13.2. The molecule has 1 aromatic carbocycles. The fraction of sp³-hybridized carbons (Fsp3) is 0.167. The number of nitrogens with one attached hydrogen (secondary N) is 2. The first kappa shape index (κ1) is 16.2. The lowest BCUT2D eigenvalue weighted by Gasteiger charge is -2.13. The number of hydrogen-bond donors (Lipinski definition) is 2. The van der Waals surface area contributed by atoms with Gasteiger partial charge < -0.3 is 10.6 Å². The molecule has 24 heavy (non-hydrogen) atoms. The molecule has 0 saturated heterocycles. The Morgan fingerprint density at radius 1 is 1.00 bits per heavy atom. The van der Waals surface area contributed by atoms with Crippen molar-refractivity contribution >= 4 is 29.1 Å². The van der Waals surface area contributed by atoms with Crippen LogP contribution in [-0.4, -0.2) is 21.0 Å². The zero-order valence-corrected chi connectivity index (χ0v) is 14.2. The number of pyridine rings is 1. The summed E-state index contributed by atoms with van der Waals surface area (Å²) in [5.41, 5.74) is 2.58. The van der Waals surface area contributed by atoms with Crippen molar-refractivity contribution in [2.45, 2.75) is 19.9 Å². The highest BCUT2D eigenvalue weighted by atomic mass is 35.5. The lowest BCUT2D eigenvalue weighted by molar-refractivity contribution is 0.876. The number of para-hydroxylation sites is 1. The summed E-state index contributed by atoms with van der Waals surface area (Å²) in [6.45, 7) is 4.09. The summed E-state index contributed by atoms with van der Waals surface area (Å²) in [5, 5.41) is 7.14. The van der Waals surface area contributed by atoms with E-state index in [9.17, 15) is 0 Å². The van der Waals surface area contributed by atoms with Gasteiger partial charge in [0.05, 0.1) is 16.4 Å². The molecule has 0 spiro atoms. The molecule has 6 heteroatoms. The molecule has 0 aliphatic rings. The van der Waals surface area contributed by atoms with E-state index in [1.165, 1.54) is 0 Å². The summed E-state index contributed by atoms with van der Waals surface area (Å²) < 4.78 is 0. The number of nitrogens with zero attached hydrogens (tertiary/aromatic N) is 3. The second-order valence-corrected chi connectivity index (χ2v) is 6.01. The van der Waals surface area contributed by atoms with Crippen molar-refractivity contribution in [2.75, 3.05) is 10.6 Å². The molecule has 0 aliphatic heterocycles. The highest BCUT2D eigenvalue weighted by Gasteiger charge is 2.09. The van der Waals surface area contributed by atoms with Gasteiger partial charge >= 0.3 is 0 Å². The lowest BCUT2D eigenvalue weighted by Crippen LogP contribution is -2.13. The van der Waals surface area contributed by atoms with Gasteiger partial charge in [-0.05, 0) is 38.1 Å². The Morgan fingerprint density at radius 3 is 2.46 bits per heavy atom. The molecular formula is C18H18ClN5. The summed E-state index contributed by atoms with van der Waals surface area (Å²) in [6.07, 6.45) is 3.49. The molecule has 0 aliphatic carbocycles. The molecule has 0 fully saturated rings. The standard InChI is InChI=1S/C18H18ClN5/c1-12(2)21-18-23-16(13-7-9-20-10-8-13)11-17(24-18)22-15-6-4-3-5-14(15)19/h3-12H,1-2H3,(H2,21,22,23,24). The molecular weight excluding hydrogens is 322 g/mol. The molecule has 2 heterocycles. The molecule has 0 unspecified atom stereocenters. The molecule has 0 saturated carbocycles. The second kappa shape index (κ2) is 7.27. The van der Waals surface area contributed by atoms with Crippen molar-refractivity contribution in [1.82, 2.24) is 15.0 Å². The van der Waals surface area contributed by atoms with Gasteiger partial charge in [-0.1, -0.05) is 23.7 Å². The van der Waals surface area contributed by atoms with Crippen LogP contribution >= 0.6 is 11.6 Å². The Kier molecular flexibility index (Phi) is 4.91. The predicted octanol–water partition coefficient (Wildman–Crippen LogP) is 4.76. The maximum absolute atomic E-state index is 6.23. The minimum absolute atomic E-state index is 0.228. The van der Waals surface area contributed by atoms with Gasteiger partial charge in [-0.2, -0.15) is 4.98 Å². The largest absolute Gasteiger partial charge is 0.352 e. The van der Waals surface area contributed by atoms with Crippen LogP contribution in [0.5, 0.6) is 0 Å². The third-order valence-electron chi connectivity index (χ3n) is 3.26. The third kappa shape index (κ3) is 4.00. The van der Waals surface area contributed by atoms with E-state index in [4.69, 9.17) is 11.6 Å². The van der Waals surface area contributed by atoms with Crippen LogP contribution in [0.1, 0.15) is 13.8 Å². The minimum Gasteiger partial charge on any atom is -0.352 e. The van der Waals surface area contributed by atoms with E-state index in [1.54, 1.807) is 12.4 Å². The molecule has 3 aromatic rings. The van der Waals surface area contributed by atoms with Crippen molar-refractivity contribution in [2.24, 2.45) is 0 Å². The second-order valence-electron chi connectivity index (χ2n) is 5.60. The first-order valence-electron chi connectivity index (χ1n) is 7.69. The van der Waals surface area contributed by atoms with Crippen LogP contribution in [-0.2, 0) is 0 Å². The summed E-state index contributed by atoms with van der Waals surface area (Å²) in [5.74, 6) is 1.24. The van der Waals surface area contributed by atoms with E-state index in [2.05, 4.69) is 25.6 Å². The van der Waals surface area contributed by atoms with Crippen molar-refractivity contribution < 1.29 is 0 Å². The highest BCUT2D eigenvalue weighted by Crippen LogP contribution is 2.27. The van der Waals surface area contributed by atoms with E-state index < -0.39 is 0 Å². The van der Waals surface area contributed by atoms with Crippen LogP contribution < -0.4 is 10.6 Å². The first-order chi connectivity index (χ1) is 11.6. The molecule has 0 radical (unpaired) electrons. The summed E-state index contributed by atoms with van der Waals surface area (Å²) in [7, 11) is 0. The Hall–Kier alpha value is -2.66. The van der Waals surface area contributed by atoms with Gasteiger partial charge in [0, 0.05) is 30.1 Å². The van der Waals surface area contributed by atoms with Gasteiger partial charge in [0.2, 0.25) is 5.95 Å². The van der Waals surface area contributed by atoms with Crippen LogP contribution in [0, 0.1) is 0 Å². The number of rotatable bonds is 5. The minimum atomic E-state index is 0.228. The number of benzene rings is 1. The smallest absolute Gasteiger partial charge is 0.225 e. The quantitative estimate of drug-likeness (QED) is 0.702. The Bertz CT molecular complexity index is 821. The van der Waals surface area contributed by atoms with Crippen LogP contribution in [0.25, 0.3) is 11.3 Å². The Labute approximate surface area is 146 Å². The van der Waals surface area contributed by atoms with Crippen LogP contribution in [0.4, 0.5) is 17.5 Å². The molecule has 0 amide bonds. The van der Waals surface area contributed by atoms with E-state index in [0.29, 0.717) is 16.8 Å². The van der Waals surface area contributed by atoms with Gasteiger partial charge in [-0.25, -0.2) is 4.98 Å². The van der Waals surface area contributed by atoms with E-state index in [0.717, 1.165) is 16.9 Å².